The minimum Gasteiger partial charge on any atom is -0.325 e. The van der Waals surface area contributed by atoms with Gasteiger partial charge in [0, 0.05) is 29.6 Å². The van der Waals surface area contributed by atoms with E-state index in [9.17, 15) is 13.2 Å². The number of Topliss-reactive ketones (excluding diaryl/α,β-unsaturated/α-hetero) is 1. The van der Waals surface area contributed by atoms with Crippen molar-refractivity contribution in [3.8, 4) is 11.1 Å². The molecule has 0 saturated carbocycles. The normalized spacial score (nSPS) is 11.5. The summed E-state index contributed by atoms with van der Waals surface area (Å²) in [5.74, 6) is -0.213. The number of carbonyl (C=O) groups excluding carboxylic acids is 1. The first-order valence-corrected chi connectivity index (χ1v) is 10.1. The summed E-state index contributed by atoms with van der Waals surface area (Å²) in [6, 6.07) is 8.30. The van der Waals surface area contributed by atoms with Crippen LogP contribution in [0.4, 0.5) is 0 Å². The molecule has 0 fully saturated rings. The van der Waals surface area contributed by atoms with Gasteiger partial charge >= 0.3 is 0 Å². The minimum atomic E-state index is -3.80. The molecule has 1 aromatic carbocycles. The summed E-state index contributed by atoms with van der Waals surface area (Å²) in [7, 11) is -3.80. The highest BCUT2D eigenvalue weighted by molar-refractivity contribution is 7.93. The average Bonchev–Trinajstić information content (AvgIpc) is 3.12. The second-order valence-corrected chi connectivity index (χ2v) is 9.06. The van der Waals surface area contributed by atoms with Gasteiger partial charge in [-0.05, 0) is 43.7 Å². The highest BCUT2D eigenvalue weighted by Crippen LogP contribution is 2.30. The second kappa shape index (κ2) is 7.06. The number of carbonyl (C=O) groups is 1. The molecule has 0 unspecified atom stereocenters. The largest absolute Gasteiger partial charge is 0.325 e. The van der Waals surface area contributed by atoms with E-state index in [1.54, 1.807) is 18.3 Å². The fraction of sp³-hybridized carbons (Fsp3) is 0.167. The van der Waals surface area contributed by atoms with E-state index in [2.05, 4.69) is 9.97 Å². The molecule has 3 aromatic rings. The third kappa shape index (κ3) is 3.57. The maximum absolute atomic E-state index is 13.0. The molecule has 2 heterocycles. The van der Waals surface area contributed by atoms with E-state index in [-0.39, 0.29) is 21.4 Å². The minimum absolute atomic E-state index is 0.0491. The van der Waals surface area contributed by atoms with Crippen molar-refractivity contribution in [1.82, 2.24) is 9.97 Å². The van der Waals surface area contributed by atoms with E-state index in [1.165, 1.54) is 19.2 Å². The zero-order valence-electron chi connectivity index (χ0n) is 14.3. The molecular formula is C18H17N3O3S2. The van der Waals surface area contributed by atoms with Crippen LogP contribution >= 0.6 is 11.3 Å². The van der Waals surface area contributed by atoms with Crippen LogP contribution in [0, 0.1) is 6.92 Å². The van der Waals surface area contributed by atoms with Gasteiger partial charge in [0.1, 0.15) is 9.22 Å². The van der Waals surface area contributed by atoms with Crippen LogP contribution in [0.25, 0.3) is 11.1 Å². The van der Waals surface area contributed by atoms with Crippen LogP contribution in [-0.2, 0) is 16.4 Å². The predicted octanol–water partition coefficient (Wildman–Crippen LogP) is 3.01. The number of nitrogens with two attached hydrogens (primary N) is 1. The molecule has 8 heteroatoms. The van der Waals surface area contributed by atoms with Gasteiger partial charge in [-0.1, -0.05) is 6.07 Å². The van der Waals surface area contributed by atoms with E-state index in [0.717, 1.165) is 22.6 Å². The molecule has 6 nitrogen and oxygen atoms in total. The number of thiazole rings is 1. The molecule has 0 bridgehead atoms. The Kier molecular flexibility index (Phi) is 4.99. The SMILES string of the molecule is CC(=O)c1cc(-c2ccc(C)nc2)cc(S(=O)(=O)c2cnc(CN)s2)c1. The fourth-order valence-electron chi connectivity index (χ4n) is 2.39. The van der Waals surface area contributed by atoms with E-state index in [0.29, 0.717) is 16.1 Å². The smallest absolute Gasteiger partial charge is 0.217 e. The van der Waals surface area contributed by atoms with Gasteiger partial charge in [0.15, 0.2) is 5.78 Å². The Hall–Kier alpha value is -2.42. The summed E-state index contributed by atoms with van der Waals surface area (Å²) in [6.45, 7) is 3.45. The van der Waals surface area contributed by atoms with Gasteiger partial charge < -0.3 is 5.73 Å². The van der Waals surface area contributed by atoms with E-state index < -0.39 is 9.84 Å². The zero-order valence-corrected chi connectivity index (χ0v) is 15.9. The first kappa shape index (κ1) is 18.4. The van der Waals surface area contributed by atoms with Crippen molar-refractivity contribution in [2.75, 3.05) is 0 Å². The maximum atomic E-state index is 13.0. The molecule has 26 heavy (non-hydrogen) atoms. The zero-order chi connectivity index (χ0) is 18.9. The van der Waals surface area contributed by atoms with E-state index in [1.807, 2.05) is 19.1 Å². The number of ketones is 1. The molecule has 0 aliphatic heterocycles. The van der Waals surface area contributed by atoms with Crippen molar-refractivity contribution in [1.29, 1.82) is 0 Å². The average molecular weight is 387 g/mol. The number of hydrogen-bond acceptors (Lipinski definition) is 7. The quantitative estimate of drug-likeness (QED) is 0.675. The van der Waals surface area contributed by atoms with Crippen molar-refractivity contribution in [2.24, 2.45) is 5.73 Å². The topological polar surface area (TPSA) is 103 Å². The maximum Gasteiger partial charge on any atom is 0.217 e. The lowest BCUT2D eigenvalue weighted by Crippen LogP contribution is -2.03. The summed E-state index contributed by atoms with van der Waals surface area (Å²) in [6.07, 6.45) is 2.96. The first-order valence-electron chi connectivity index (χ1n) is 7.80. The number of nitrogens with zero attached hydrogens (tertiary/aromatic N) is 2. The lowest BCUT2D eigenvalue weighted by molar-refractivity contribution is 0.101. The number of aromatic nitrogens is 2. The molecule has 3 rings (SSSR count). The van der Waals surface area contributed by atoms with Crippen molar-refractivity contribution < 1.29 is 13.2 Å². The van der Waals surface area contributed by atoms with Crippen LogP contribution in [0.5, 0.6) is 0 Å². The Morgan fingerprint density at radius 3 is 2.46 bits per heavy atom. The molecule has 2 aromatic heterocycles. The van der Waals surface area contributed by atoms with Crippen LogP contribution in [0.3, 0.4) is 0 Å². The summed E-state index contributed by atoms with van der Waals surface area (Å²) < 4.78 is 26.1. The van der Waals surface area contributed by atoms with Gasteiger partial charge in [0.25, 0.3) is 0 Å². The highest BCUT2D eigenvalue weighted by atomic mass is 32.2. The summed E-state index contributed by atoms with van der Waals surface area (Å²) >= 11 is 1.03. The molecule has 0 radical (unpaired) electrons. The number of aryl methyl sites for hydroxylation is 1. The molecule has 0 saturated heterocycles. The third-order valence-electron chi connectivity index (χ3n) is 3.84. The number of benzene rings is 1. The second-order valence-electron chi connectivity index (χ2n) is 5.77. The lowest BCUT2D eigenvalue weighted by Gasteiger charge is -2.09. The fourth-order valence-corrected chi connectivity index (χ4v) is 4.92. The summed E-state index contributed by atoms with van der Waals surface area (Å²) in [5.41, 5.74) is 8.05. The Bertz CT molecular complexity index is 1070. The van der Waals surface area contributed by atoms with Crippen LogP contribution in [-0.4, -0.2) is 24.2 Å². The standard InChI is InChI=1S/C18H17N3O3S2/c1-11-3-4-13(9-20-11)15-5-14(12(2)22)6-16(7-15)26(23,24)18-10-21-17(8-19)25-18/h3-7,9-10H,8,19H2,1-2H3. The van der Waals surface area contributed by atoms with Crippen molar-refractivity contribution >= 4 is 27.0 Å². The van der Waals surface area contributed by atoms with Gasteiger partial charge in [-0.2, -0.15) is 0 Å². The number of sulfone groups is 1. The van der Waals surface area contributed by atoms with Crippen molar-refractivity contribution in [2.45, 2.75) is 29.5 Å². The number of pyridine rings is 1. The molecule has 0 amide bonds. The van der Waals surface area contributed by atoms with Gasteiger partial charge in [0.2, 0.25) is 9.84 Å². The molecule has 2 N–H and O–H groups in total. The van der Waals surface area contributed by atoms with Gasteiger partial charge in [-0.25, -0.2) is 13.4 Å². The van der Waals surface area contributed by atoms with Gasteiger partial charge in [-0.3, -0.25) is 9.78 Å². The Labute approximate surface area is 155 Å². The van der Waals surface area contributed by atoms with Crippen LogP contribution in [0.15, 0.2) is 51.8 Å². The monoisotopic (exact) mass is 387 g/mol. The third-order valence-corrected chi connectivity index (χ3v) is 7.05. The number of hydrogen-bond donors (Lipinski definition) is 1. The Morgan fingerprint density at radius 1 is 1.12 bits per heavy atom. The molecular weight excluding hydrogens is 370 g/mol. The van der Waals surface area contributed by atoms with E-state index in [4.69, 9.17) is 5.73 Å². The molecule has 0 spiro atoms. The van der Waals surface area contributed by atoms with Crippen molar-refractivity contribution in [3.05, 3.63) is 59.0 Å². The Morgan fingerprint density at radius 2 is 1.88 bits per heavy atom. The number of rotatable bonds is 5. The predicted molar refractivity (Wildman–Crippen MR) is 99.9 cm³/mol. The first-order chi connectivity index (χ1) is 12.3. The molecule has 0 aliphatic rings. The van der Waals surface area contributed by atoms with Crippen LogP contribution < -0.4 is 5.73 Å². The lowest BCUT2D eigenvalue weighted by atomic mass is 10.0. The Balaban J connectivity index is 2.17. The molecule has 0 aliphatic carbocycles. The summed E-state index contributed by atoms with van der Waals surface area (Å²) in [4.78, 5) is 20.2. The van der Waals surface area contributed by atoms with Crippen molar-refractivity contribution in [3.63, 3.8) is 0 Å². The van der Waals surface area contributed by atoms with Crippen LogP contribution in [0.1, 0.15) is 28.0 Å². The molecule has 134 valence electrons. The van der Waals surface area contributed by atoms with E-state index >= 15 is 0 Å². The summed E-state index contributed by atoms with van der Waals surface area (Å²) in [5, 5.41) is 0.536. The van der Waals surface area contributed by atoms with Gasteiger partial charge in [0.05, 0.1) is 11.1 Å². The van der Waals surface area contributed by atoms with Gasteiger partial charge in [-0.15, -0.1) is 11.3 Å². The van der Waals surface area contributed by atoms with Crippen LogP contribution in [0.2, 0.25) is 0 Å². The highest BCUT2D eigenvalue weighted by Gasteiger charge is 2.23. The molecule has 0 atom stereocenters.